The molecule has 0 aliphatic heterocycles. The number of benzene rings is 2. The van der Waals surface area contributed by atoms with Crippen molar-refractivity contribution in [1.82, 2.24) is 4.98 Å². The quantitative estimate of drug-likeness (QED) is 0.701. The van der Waals surface area contributed by atoms with Gasteiger partial charge in [-0.1, -0.05) is 17.7 Å². The minimum atomic E-state index is 0.0477. The maximum Gasteiger partial charge on any atom is 0.198 e. The molecule has 5 nitrogen and oxygen atoms in total. The highest BCUT2D eigenvalue weighted by atomic mass is 35.5. The van der Waals surface area contributed by atoms with Gasteiger partial charge in [0.15, 0.2) is 17.4 Å². The standard InChI is InChI=1S/C17H15ClN2O3/c1-22-15-6-4-11(8-16(15)23-2)19-9-13-12-5-3-10(18)7-14(12)20-17(13)21/h3-9,20-21H,1-2H3. The van der Waals surface area contributed by atoms with Crippen molar-refractivity contribution in [3.8, 4) is 17.4 Å². The Morgan fingerprint density at radius 2 is 1.87 bits per heavy atom. The van der Waals surface area contributed by atoms with E-state index >= 15 is 0 Å². The second-order valence-electron chi connectivity index (χ2n) is 4.87. The largest absolute Gasteiger partial charge is 0.494 e. The van der Waals surface area contributed by atoms with Crippen molar-refractivity contribution in [1.29, 1.82) is 0 Å². The summed E-state index contributed by atoms with van der Waals surface area (Å²) in [5.74, 6) is 1.28. The molecule has 0 spiro atoms. The number of aromatic amines is 1. The molecule has 118 valence electrons. The van der Waals surface area contributed by atoms with E-state index in [1.54, 1.807) is 50.8 Å². The van der Waals surface area contributed by atoms with E-state index in [-0.39, 0.29) is 5.88 Å². The number of H-pyrrole nitrogens is 1. The minimum absolute atomic E-state index is 0.0477. The Bertz CT molecular complexity index is 887. The van der Waals surface area contributed by atoms with Crippen LogP contribution in [-0.4, -0.2) is 30.5 Å². The fourth-order valence-electron chi connectivity index (χ4n) is 2.35. The number of hydrogen-bond acceptors (Lipinski definition) is 4. The molecule has 0 saturated heterocycles. The van der Waals surface area contributed by atoms with Crippen LogP contribution in [0.25, 0.3) is 10.9 Å². The lowest BCUT2D eigenvalue weighted by atomic mass is 10.2. The van der Waals surface area contributed by atoms with Crippen LogP contribution in [0.15, 0.2) is 41.4 Å². The smallest absolute Gasteiger partial charge is 0.198 e. The average molecular weight is 331 g/mol. The average Bonchev–Trinajstić information content (AvgIpc) is 2.86. The van der Waals surface area contributed by atoms with E-state index in [4.69, 9.17) is 21.1 Å². The number of aliphatic imine (C=N–C) groups is 1. The van der Waals surface area contributed by atoms with Crippen LogP contribution < -0.4 is 9.47 Å². The number of ether oxygens (including phenoxy) is 2. The number of aromatic nitrogens is 1. The molecule has 2 aromatic carbocycles. The van der Waals surface area contributed by atoms with Gasteiger partial charge in [0.05, 0.1) is 31.0 Å². The predicted octanol–water partition coefficient (Wildman–Crippen LogP) is 4.29. The molecule has 0 bridgehead atoms. The van der Waals surface area contributed by atoms with Crippen LogP contribution >= 0.6 is 11.6 Å². The molecule has 0 aliphatic rings. The fourth-order valence-corrected chi connectivity index (χ4v) is 2.52. The van der Waals surface area contributed by atoms with Crippen LogP contribution in [0.5, 0.6) is 17.4 Å². The van der Waals surface area contributed by atoms with Gasteiger partial charge in [0.2, 0.25) is 0 Å². The van der Waals surface area contributed by atoms with Crippen molar-refractivity contribution in [2.45, 2.75) is 0 Å². The van der Waals surface area contributed by atoms with Crippen LogP contribution in [0.4, 0.5) is 5.69 Å². The van der Waals surface area contributed by atoms with E-state index in [0.717, 1.165) is 10.9 Å². The third-order valence-corrected chi connectivity index (χ3v) is 3.72. The van der Waals surface area contributed by atoms with Crippen LogP contribution in [0.1, 0.15) is 5.56 Å². The van der Waals surface area contributed by atoms with Gasteiger partial charge in [-0.2, -0.15) is 0 Å². The first-order valence-electron chi connectivity index (χ1n) is 6.88. The first-order valence-corrected chi connectivity index (χ1v) is 7.26. The number of halogens is 1. The summed E-state index contributed by atoms with van der Waals surface area (Å²) in [6.45, 7) is 0. The Balaban J connectivity index is 1.98. The van der Waals surface area contributed by atoms with E-state index in [2.05, 4.69) is 9.98 Å². The van der Waals surface area contributed by atoms with Gasteiger partial charge in [-0.3, -0.25) is 4.99 Å². The Morgan fingerprint density at radius 1 is 1.09 bits per heavy atom. The van der Waals surface area contributed by atoms with Crippen molar-refractivity contribution in [3.63, 3.8) is 0 Å². The molecule has 0 radical (unpaired) electrons. The number of nitrogens with zero attached hydrogens (tertiary/aromatic N) is 1. The molecule has 0 atom stereocenters. The summed E-state index contributed by atoms with van der Waals surface area (Å²) in [5, 5.41) is 11.5. The molecule has 0 aliphatic carbocycles. The number of aromatic hydroxyl groups is 1. The number of rotatable bonds is 4. The van der Waals surface area contributed by atoms with Crippen LogP contribution in [0.2, 0.25) is 5.02 Å². The summed E-state index contributed by atoms with van der Waals surface area (Å²) in [6, 6.07) is 10.7. The maximum atomic E-state index is 10.1. The summed E-state index contributed by atoms with van der Waals surface area (Å²) in [4.78, 5) is 7.27. The van der Waals surface area contributed by atoms with Gasteiger partial charge < -0.3 is 19.6 Å². The first kappa shape index (κ1) is 15.2. The molecule has 3 rings (SSSR count). The van der Waals surface area contributed by atoms with Crippen LogP contribution in [0.3, 0.4) is 0 Å². The summed E-state index contributed by atoms with van der Waals surface area (Å²) < 4.78 is 10.4. The van der Waals surface area contributed by atoms with Gasteiger partial charge in [0, 0.05) is 22.7 Å². The lowest BCUT2D eigenvalue weighted by Gasteiger charge is -2.07. The maximum absolute atomic E-state index is 10.1. The van der Waals surface area contributed by atoms with Gasteiger partial charge in [-0.15, -0.1) is 0 Å². The third-order valence-electron chi connectivity index (χ3n) is 3.49. The number of methoxy groups -OCH3 is 2. The summed E-state index contributed by atoms with van der Waals surface area (Å²) in [5.41, 5.74) is 2.04. The highest BCUT2D eigenvalue weighted by molar-refractivity contribution is 6.31. The van der Waals surface area contributed by atoms with Crippen LogP contribution in [0, 0.1) is 0 Å². The predicted molar refractivity (Wildman–Crippen MR) is 91.8 cm³/mol. The SMILES string of the molecule is COc1ccc(N=Cc2c(O)[nH]c3cc(Cl)ccc23)cc1OC. The van der Waals surface area contributed by atoms with Gasteiger partial charge >= 0.3 is 0 Å². The van der Waals surface area contributed by atoms with Gasteiger partial charge in [-0.05, 0) is 24.3 Å². The zero-order valence-electron chi connectivity index (χ0n) is 12.6. The Hall–Kier alpha value is -2.66. The summed E-state index contributed by atoms with van der Waals surface area (Å²) >= 11 is 5.95. The highest BCUT2D eigenvalue weighted by Gasteiger charge is 2.09. The molecule has 23 heavy (non-hydrogen) atoms. The minimum Gasteiger partial charge on any atom is -0.494 e. The van der Waals surface area contributed by atoms with Crippen molar-refractivity contribution >= 4 is 34.4 Å². The van der Waals surface area contributed by atoms with Crippen molar-refractivity contribution in [3.05, 3.63) is 47.0 Å². The van der Waals surface area contributed by atoms with E-state index in [9.17, 15) is 5.11 Å². The molecular weight excluding hydrogens is 316 g/mol. The molecular formula is C17H15ClN2O3. The number of nitrogens with one attached hydrogen (secondary N) is 1. The first-order chi connectivity index (χ1) is 11.1. The zero-order chi connectivity index (χ0) is 16.4. The molecule has 0 saturated carbocycles. The summed E-state index contributed by atoms with van der Waals surface area (Å²) in [6.07, 6.45) is 1.60. The topological polar surface area (TPSA) is 66.8 Å². The molecule has 0 fully saturated rings. The van der Waals surface area contributed by atoms with E-state index in [1.807, 2.05) is 6.07 Å². The van der Waals surface area contributed by atoms with Gasteiger partial charge in [0.25, 0.3) is 0 Å². The lowest BCUT2D eigenvalue weighted by Crippen LogP contribution is -1.89. The fraction of sp³-hybridized carbons (Fsp3) is 0.118. The molecule has 0 unspecified atom stereocenters. The van der Waals surface area contributed by atoms with E-state index < -0.39 is 0 Å². The monoisotopic (exact) mass is 330 g/mol. The molecule has 0 amide bonds. The van der Waals surface area contributed by atoms with Crippen molar-refractivity contribution in [2.24, 2.45) is 4.99 Å². The lowest BCUT2D eigenvalue weighted by molar-refractivity contribution is 0.355. The van der Waals surface area contributed by atoms with Gasteiger partial charge in [0.1, 0.15) is 0 Å². The Labute approximate surface area is 138 Å². The summed E-state index contributed by atoms with van der Waals surface area (Å²) in [7, 11) is 3.15. The van der Waals surface area contributed by atoms with E-state index in [1.165, 1.54) is 0 Å². The molecule has 1 heterocycles. The number of hydrogen-bond donors (Lipinski definition) is 2. The second-order valence-corrected chi connectivity index (χ2v) is 5.31. The third kappa shape index (κ3) is 2.96. The Kier molecular flexibility index (Phi) is 4.12. The molecule has 2 N–H and O–H groups in total. The molecule has 1 aromatic heterocycles. The van der Waals surface area contributed by atoms with Crippen molar-refractivity contribution in [2.75, 3.05) is 14.2 Å². The molecule has 6 heteroatoms. The zero-order valence-corrected chi connectivity index (χ0v) is 13.4. The second kappa shape index (κ2) is 6.22. The van der Waals surface area contributed by atoms with E-state index in [0.29, 0.717) is 27.8 Å². The Morgan fingerprint density at radius 3 is 2.61 bits per heavy atom. The molecule has 3 aromatic rings. The normalized spacial score (nSPS) is 11.3. The highest BCUT2D eigenvalue weighted by Crippen LogP contribution is 2.32. The van der Waals surface area contributed by atoms with Crippen LogP contribution in [-0.2, 0) is 0 Å². The number of fused-ring (bicyclic) bond motifs is 1. The van der Waals surface area contributed by atoms with Gasteiger partial charge in [-0.25, -0.2) is 0 Å². The van der Waals surface area contributed by atoms with Crippen molar-refractivity contribution < 1.29 is 14.6 Å².